The zero-order valence-corrected chi connectivity index (χ0v) is 24.0. The van der Waals surface area contributed by atoms with Crippen molar-refractivity contribution in [2.45, 2.75) is 64.6 Å². The molecule has 1 fully saturated rings. The van der Waals surface area contributed by atoms with E-state index in [0.717, 1.165) is 50.0 Å². The number of nitrogens with one attached hydrogen (secondary N) is 1. The minimum absolute atomic E-state index is 0.125. The van der Waals surface area contributed by atoms with Gasteiger partial charge in [0.2, 0.25) is 0 Å². The molecule has 37 heavy (non-hydrogen) atoms. The minimum atomic E-state index is -0.488. The van der Waals surface area contributed by atoms with Crippen LogP contribution < -0.4 is 5.32 Å². The van der Waals surface area contributed by atoms with Gasteiger partial charge in [0.1, 0.15) is 16.4 Å². The SMILES string of the molecule is CC(Nc1nc(C2=CCN(C3CCCN(C(=O)OC(C)(C)C)C3)CC2)ncc1Cl)c1ccc(Cl)cc1Cl. The second-order valence-electron chi connectivity index (χ2n) is 10.6. The lowest BCUT2D eigenvalue weighted by molar-refractivity contribution is 0.0114. The van der Waals surface area contributed by atoms with E-state index in [9.17, 15) is 4.79 Å². The lowest BCUT2D eigenvalue weighted by Gasteiger charge is -2.40. The standard InChI is InChI=1S/C27H34Cl3N5O2/c1-17(21-8-7-19(28)14-22(21)29)32-25-23(30)15-31-24(33-25)18-9-12-34(13-10-18)20-6-5-11-35(16-20)26(36)37-27(2,3)4/h7-9,14-15,17,20H,5-6,10-13,16H2,1-4H3,(H,31,32,33). The first-order chi connectivity index (χ1) is 17.5. The highest BCUT2D eigenvalue weighted by Gasteiger charge is 2.31. The molecule has 0 radical (unpaired) electrons. The van der Waals surface area contributed by atoms with E-state index >= 15 is 0 Å². The highest BCUT2D eigenvalue weighted by Crippen LogP contribution is 2.31. The summed E-state index contributed by atoms with van der Waals surface area (Å²) < 4.78 is 5.59. The number of hydrogen-bond donors (Lipinski definition) is 1. The summed E-state index contributed by atoms with van der Waals surface area (Å²) in [5, 5.41) is 4.98. The van der Waals surface area contributed by atoms with Gasteiger partial charge < -0.3 is 15.0 Å². The third-order valence-electron chi connectivity index (χ3n) is 6.62. The molecule has 1 aromatic heterocycles. The van der Waals surface area contributed by atoms with E-state index in [1.54, 1.807) is 12.3 Å². The van der Waals surface area contributed by atoms with Gasteiger partial charge in [0.15, 0.2) is 5.82 Å². The number of anilines is 1. The van der Waals surface area contributed by atoms with E-state index in [-0.39, 0.29) is 12.1 Å². The number of halogens is 3. The lowest BCUT2D eigenvalue weighted by Crippen LogP contribution is -2.51. The first kappa shape index (κ1) is 28.0. The summed E-state index contributed by atoms with van der Waals surface area (Å²) >= 11 is 18.8. The molecule has 1 N–H and O–H groups in total. The number of carbonyl (C=O) groups is 1. The Hall–Kier alpha value is -2.06. The molecule has 0 spiro atoms. The summed E-state index contributed by atoms with van der Waals surface area (Å²) in [4.78, 5) is 26.1. The van der Waals surface area contributed by atoms with Gasteiger partial charge in [0, 0.05) is 42.3 Å². The van der Waals surface area contributed by atoms with E-state index in [1.807, 2.05) is 44.7 Å². The number of rotatable bonds is 5. The van der Waals surface area contributed by atoms with Crippen LogP contribution in [0, 0.1) is 0 Å². The maximum atomic E-state index is 12.6. The van der Waals surface area contributed by atoms with Crippen LogP contribution in [0.1, 0.15) is 64.4 Å². The molecule has 2 aromatic rings. The number of benzene rings is 1. The summed E-state index contributed by atoms with van der Waals surface area (Å²) in [6.07, 6.45) is 6.45. The van der Waals surface area contributed by atoms with Crippen LogP contribution in [-0.4, -0.2) is 63.7 Å². The molecule has 0 saturated carbocycles. The summed E-state index contributed by atoms with van der Waals surface area (Å²) in [5.41, 5.74) is 1.51. The Morgan fingerprint density at radius 3 is 2.65 bits per heavy atom. The van der Waals surface area contributed by atoms with E-state index in [1.165, 1.54) is 0 Å². The largest absolute Gasteiger partial charge is 0.444 e. The maximum absolute atomic E-state index is 12.6. The number of nitrogens with zero attached hydrogens (tertiary/aromatic N) is 4. The molecule has 2 unspecified atom stereocenters. The summed E-state index contributed by atoms with van der Waals surface area (Å²) in [5.74, 6) is 1.23. The Labute approximate surface area is 234 Å². The first-order valence-corrected chi connectivity index (χ1v) is 13.8. The van der Waals surface area contributed by atoms with Crippen LogP contribution in [-0.2, 0) is 4.74 Å². The van der Waals surface area contributed by atoms with Crippen LogP contribution >= 0.6 is 34.8 Å². The second-order valence-corrected chi connectivity index (χ2v) is 11.9. The van der Waals surface area contributed by atoms with E-state index in [2.05, 4.69) is 21.3 Å². The van der Waals surface area contributed by atoms with Gasteiger partial charge in [-0.05, 0) is 70.2 Å². The fourth-order valence-corrected chi connectivity index (χ4v) is 5.44. The predicted octanol–water partition coefficient (Wildman–Crippen LogP) is 7.10. The Kier molecular flexibility index (Phi) is 8.89. The number of piperidine rings is 1. The highest BCUT2D eigenvalue weighted by atomic mass is 35.5. The average Bonchev–Trinajstić information content (AvgIpc) is 2.84. The number of amides is 1. The van der Waals surface area contributed by atoms with Crippen molar-refractivity contribution in [3.8, 4) is 0 Å². The minimum Gasteiger partial charge on any atom is -0.444 e. The molecule has 1 amide bonds. The van der Waals surface area contributed by atoms with Crippen molar-refractivity contribution in [2.24, 2.45) is 0 Å². The maximum Gasteiger partial charge on any atom is 0.410 e. The first-order valence-electron chi connectivity index (χ1n) is 12.7. The molecule has 0 aliphatic carbocycles. The second kappa shape index (κ2) is 11.8. The number of likely N-dealkylation sites (tertiary alicyclic amines) is 1. The number of aromatic nitrogens is 2. The smallest absolute Gasteiger partial charge is 0.410 e. The normalized spacial score (nSPS) is 19.8. The van der Waals surface area contributed by atoms with Crippen molar-refractivity contribution in [1.29, 1.82) is 0 Å². The van der Waals surface area contributed by atoms with Crippen molar-refractivity contribution in [1.82, 2.24) is 19.8 Å². The van der Waals surface area contributed by atoms with Crippen molar-refractivity contribution >= 4 is 52.3 Å². The lowest BCUT2D eigenvalue weighted by atomic mass is 10.0. The Balaban J connectivity index is 1.40. The van der Waals surface area contributed by atoms with E-state index in [0.29, 0.717) is 39.3 Å². The highest BCUT2D eigenvalue weighted by molar-refractivity contribution is 6.35. The monoisotopic (exact) mass is 565 g/mol. The predicted molar refractivity (Wildman–Crippen MR) is 151 cm³/mol. The van der Waals surface area contributed by atoms with Crippen molar-refractivity contribution < 1.29 is 9.53 Å². The van der Waals surface area contributed by atoms with Gasteiger partial charge >= 0.3 is 6.09 Å². The van der Waals surface area contributed by atoms with Crippen molar-refractivity contribution in [2.75, 3.05) is 31.5 Å². The Bertz CT molecular complexity index is 1170. The fraction of sp³-hybridized carbons (Fsp3) is 0.519. The van der Waals surface area contributed by atoms with Crippen molar-refractivity contribution in [3.63, 3.8) is 0 Å². The quantitative estimate of drug-likeness (QED) is 0.416. The Morgan fingerprint density at radius 2 is 1.97 bits per heavy atom. The molecule has 0 bridgehead atoms. The number of carbonyl (C=O) groups excluding carboxylic acids is 1. The van der Waals surface area contributed by atoms with Gasteiger partial charge in [-0.25, -0.2) is 14.8 Å². The zero-order chi connectivity index (χ0) is 26.7. The van der Waals surface area contributed by atoms with Gasteiger partial charge in [-0.3, -0.25) is 4.90 Å². The molecule has 2 aliphatic heterocycles. The third-order valence-corrected chi connectivity index (χ3v) is 7.46. The van der Waals surface area contributed by atoms with Gasteiger partial charge in [0.05, 0.1) is 12.2 Å². The van der Waals surface area contributed by atoms with E-state index < -0.39 is 5.60 Å². The Morgan fingerprint density at radius 1 is 1.19 bits per heavy atom. The molecule has 2 aliphatic rings. The third kappa shape index (κ3) is 7.29. The topological polar surface area (TPSA) is 70.6 Å². The summed E-state index contributed by atoms with van der Waals surface area (Å²) in [6, 6.07) is 5.62. The zero-order valence-electron chi connectivity index (χ0n) is 21.7. The molecule has 7 nitrogen and oxygen atoms in total. The van der Waals surface area contributed by atoms with Crippen LogP contribution in [0.4, 0.5) is 10.6 Å². The number of hydrogen-bond acceptors (Lipinski definition) is 6. The number of ether oxygens (including phenoxy) is 1. The molecule has 10 heteroatoms. The molecule has 2 atom stereocenters. The molecule has 1 saturated heterocycles. The average molecular weight is 567 g/mol. The molecular weight excluding hydrogens is 533 g/mol. The van der Waals surface area contributed by atoms with Gasteiger partial charge in [-0.15, -0.1) is 0 Å². The van der Waals surface area contributed by atoms with Gasteiger partial charge in [-0.2, -0.15) is 0 Å². The summed E-state index contributed by atoms with van der Waals surface area (Å²) in [7, 11) is 0. The summed E-state index contributed by atoms with van der Waals surface area (Å²) in [6.45, 7) is 10.8. The molecule has 1 aromatic carbocycles. The molecule has 200 valence electrons. The van der Waals surface area contributed by atoms with Crippen LogP contribution in [0.3, 0.4) is 0 Å². The van der Waals surface area contributed by atoms with Crippen LogP contribution in [0.2, 0.25) is 15.1 Å². The van der Waals surface area contributed by atoms with Crippen LogP contribution in [0.15, 0.2) is 30.5 Å². The van der Waals surface area contributed by atoms with Gasteiger partial charge in [0.25, 0.3) is 0 Å². The fourth-order valence-electron chi connectivity index (χ4n) is 4.72. The van der Waals surface area contributed by atoms with Gasteiger partial charge in [-0.1, -0.05) is 46.9 Å². The molecular formula is C27H34Cl3N5O2. The van der Waals surface area contributed by atoms with Crippen LogP contribution in [0.5, 0.6) is 0 Å². The van der Waals surface area contributed by atoms with E-state index in [4.69, 9.17) is 44.5 Å². The van der Waals surface area contributed by atoms with Crippen molar-refractivity contribution in [3.05, 3.63) is 56.9 Å². The molecule has 4 rings (SSSR count). The van der Waals surface area contributed by atoms with Crippen LogP contribution in [0.25, 0.3) is 5.57 Å². The molecule has 3 heterocycles.